The molecule has 0 bridgehead atoms. The van der Waals surface area contributed by atoms with Gasteiger partial charge in [-0.1, -0.05) is 31.7 Å². The van der Waals surface area contributed by atoms with Gasteiger partial charge in [0.2, 0.25) is 5.91 Å². The zero-order chi connectivity index (χ0) is 26.3. The molecule has 0 saturated heterocycles. The summed E-state index contributed by atoms with van der Waals surface area (Å²) in [5, 5.41) is 3.25. The summed E-state index contributed by atoms with van der Waals surface area (Å²) in [5.41, 5.74) is 3.29. The number of rotatable bonds is 9. The van der Waals surface area contributed by atoms with Crippen molar-refractivity contribution >= 4 is 28.3 Å². The van der Waals surface area contributed by atoms with Crippen molar-refractivity contribution in [3.63, 3.8) is 0 Å². The van der Waals surface area contributed by atoms with Gasteiger partial charge in [-0.15, -0.1) is 0 Å². The Morgan fingerprint density at radius 1 is 1.05 bits per heavy atom. The average Bonchev–Trinajstić information content (AvgIpc) is 3.29. The van der Waals surface area contributed by atoms with Gasteiger partial charge >= 0.3 is 0 Å². The molecule has 2 fully saturated rings. The van der Waals surface area contributed by atoms with Crippen LogP contribution in [-0.2, 0) is 17.9 Å². The number of imidazole rings is 1. The second-order valence-electron chi connectivity index (χ2n) is 10.7. The van der Waals surface area contributed by atoms with Crippen LogP contribution in [0.15, 0.2) is 42.5 Å². The summed E-state index contributed by atoms with van der Waals surface area (Å²) >= 11 is 0. The number of nitrogens with one attached hydrogen (secondary N) is 1. The lowest BCUT2D eigenvalue weighted by molar-refractivity contribution is -0.122. The predicted octanol–water partition coefficient (Wildman–Crippen LogP) is 6.77. The molecule has 0 radical (unpaired) electrons. The molecule has 2 aliphatic carbocycles. The van der Waals surface area contributed by atoms with Crippen LogP contribution in [0, 0.1) is 6.57 Å². The Labute approximate surface area is 226 Å². The van der Waals surface area contributed by atoms with E-state index in [2.05, 4.69) is 46.3 Å². The highest BCUT2D eigenvalue weighted by atomic mass is 16.5. The molecule has 0 aliphatic heterocycles. The lowest BCUT2D eigenvalue weighted by Crippen LogP contribution is -2.38. The number of ether oxygens (including phenoxy) is 1. The van der Waals surface area contributed by atoms with Crippen LogP contribution in [0.4, 0.5) is 11.4 Å². The van der Waals surface area contributed by atoms with E-state index in [1.807, 2.05) is 16.7 Å². The highest BCUT2D eigenvalue weighted by molar-refractivity contribution is 5.83. The molecule has 2 saturated carbocycles. The zero-order valence-electron chi connectivity index (χ0n) is 22.5. The molecule has 0 unspecified atom stereocenters. The van der Waals surface area contributed by atoms with Crippen LogP contribution in [0.3, 0.4) is 0 Å². The molecule has 1 amide bonds. The zero-order valence-corrected chi connectivity index (χ0v) is 22.5. The molecule has 1 aromatic heterocycles. The molecule has 0 spiro atoms. The van der Waals surface area contributed by atoms with Crippen LogP contribution >= 0.6 is 0 Å². The Hall–Kier alpha value is -3.53. The first kappa shape index (κ1) is 26.1. The molecular weight excluding hydrogens is 474 g/mol. The van der Waals surface area contributed by atoms with Gasteiger partial charge in [-0.25, -0.2) is 9.83 Å². The summed E-state index contributed by atoms with van der Waals surface area (Å²) < 4.78 is 8.24. The van der Waals surface area contributed by atoms with E-state index in [0.29, 0.717) is 18.3 Å². The van der Waals surface area contributed by atoms with E-state index in [0.717, 1.165) is 60.5 Å². The minimum atomic E-state index is 0.0268. The Morgan fingerprint density at radius 3 is 2.45 bits per heavy atom. The van der Waals surface area contributed by atoms with E-state index < -0.39 is 0 Å². The van der Waals surface area contributed by atoms with Crippen molar-refractivity contribution in [1.29, 1.82) is 0 Å². The Balaban J connectivity index is 1.34. The maximum Gasteiger partial charge on any atom is 0.240 e. The fourth-order valence-electron chi connectivity index (χ4n) is 5.87. The number of benzene rings is 2. The predicted molar refractivity (Wildman–Crippen MR) is 152 cm³/mol. The summed E-state index contributed by atoms with van der Waals surface area (Å²) in [6.07, 6.45) is 12.2. The normalized spacial score (nSPS) is 16.7. The van der Waals surface area contributed by atoms with E-state index >= 15 is 0 Å². The number of amides is 1. The summed E-state index contributed by atoms with van der Waals surface area (Å²) in [4.78, 5) is 23.8. The number of aromatic nitrogens is 2. The van der Waals surface area contributed by atoms with Gasteiger partial charge in [0.15, 0.2) is 5.69 Å². The van der Waals surface area contributed by atoms with Crippen LogP contribution in [-0.4, -0.2) is 34.1 Å². The van der Waals surface area contributed by atoms with E-state index in [1.54, 1.807) is 6.07 Å². The topological polar surface area (TPSA) is 63.8 Å². The molecule has 38 heavy (non-hydrogen) atoms. The van der Waals surface area contributed by atoms with Gasteiger partial charge in [0, 0.05) is 18.3 Å². The Bertz CT molecular complexity index is 1260. The molecule has 2 aromatic carbocycles. The second-order valence-corrected chi connectivity index (χ2v) is 10.7. The lowest BCUT2D eigenvalue weighted by atomic mass is 9.95. The number of fused-ring (bicyclic) bond motifs is 1. The summed E-state index contributed by atoms with van der Waals surface area (Å²) in [6, 6.07) is 14.2. The molecule has 2 aliphatic rings. The molecule has 5 rings (SSSR count). The molecule has 3 aromatic rings. The van der Waals surface area contributed by atoms with Crippen molar-refractivity contribution in [2.45, 2.75) is 96.4 Å². The number of carbonyl (C=O) groups is 1. The smallest absolute Gasteiger partial charge is 0.240 e. The van der Waals surface area contributed by atoms with Crippen molar-refractivity contribution in [2.24, 2.45) is 0 Å². The SMILES string of the molecule is [C-]#[N+]c1ccc2c(c1)nc(CN(CC)c1ccc(OC3CCCCC3)cc1)n2CC(=O)NC1CCCCC1. The second kappa shape index (κ2) is 12.3. The quantitative estimate of drug-likeness (QED) is 0.321. The first-order valence-corrected chi connectivity index (χ1v) is 14.3. The number of nitrogens with zero attached hydrogens (tertiary/aromatic N) is 4. The first-order valence-electron chi connectivity index (χ1n) is 14.3. The van der Waals surface area contributed by atoms with Crippen molar-refractivity contribution in [3.05, 3.63) is 59.7 Å². The van der Waals surface area contributed by atoms with Gasteiger partial charge in [-0.2, -0.15) is 0 Å². The lowest BCUT2D eigenvalue weighted by Gasteiger charge is -2.26. The van der Waals surface area contributed by atoms with Gasteiger partial charge in [0.1, 0.15) is 18.1 Å². The van der Waals surface area contributed by atoms with Crippen LogP contribution < -0.4 is 15.0 Å². The first-order chi connectivity index (χ1) is 18.6. The van der Waals surface area contributed by atoms with Gasteiger partial charge < -0.3 is 19.5 Å². The van der Waals surface area contributed by atoms with Crippen LogP contribution in [0.5, 0.6) is 5.75 Å². The van der Waals surface area contributed by atoms with E-state index in [4.69, 9.17) is 16.3 Å². The largest absolute Gasteiger partial charge is 0.490 e. The third-order valence-electron chi connectivity index (χ3n) is 7.98. The van der Waals surface area contributed by atoms with Gasteiger partial charge in [0.05, 0.1) is 30.3 Å². The molecule has 1 heterocycles. The average molecular weight is 514 g/mol. The number of hydrogen-bond acceptors (Lipinski definition) is 4. The number of hydrogen-bond donors (Lipinski definition) is 1. The molecule has 1 N–H and O–H groups in total. The highest BCUT2D eigenvalue weighted by Gasteiger charge is 2.20. The molecule has 7 nitrogen and oxygen atoms in total. The number of anilines is 1. The molecule has 0 atom stereocenters. The fraction of sp³-hybridized carbons (Fsp3) is 0.516. The summed E-state index contributed by atoms with van der Waals surface area (Å²) in [6.45, 7) is 11.1. The van der Waals surface area contributed by atoms with Crippen LogP contribution in [0.1, 0.15) is 77.0 Å². The summed E-state index contributed by atoms with van der Waals surface area (Å²) in [7, 11) is 0. The fourth-order valence-corrected chi connectivity index (χ4v) is 5.87. The third kappa shape index (κ3) is 6.30. The highest BCUT2D eigenvalue weighted by Crippen LogP contribution is 2.28. The molecule has 7 heteroatoms. The minimum absolute atomic E-state index is 0.0268. The third-order valence-corrected chi connectivity index (χ3v) is 7.98. The minimum Gasteiger partial charge on any atom is -0.490 e. The Morgan fingerprint density at radius 2 is 1.76 bits per heavy atom. The van der Waals surface area contributed by atoms with Crippen molar-refractivity contribution in [1.82, 2.24) is 14.9 Å². The van der Waals surface area contributed by atoms with Crippen LogP contribution in [0.25, 0.3) is 15.9 Å². The van der Waals surface area contributed by atoms with Gasteiger partial charge in [-0.05, 0) is 81.8 Å². The molecule has 200 valence electrons. The monoisotopic (exact) mass is 513 g/mol. The van der Waals surface area contributed by atoms with Crippen molar-refractivity contribution < 1.29 is 9.53 Å². The molecular formula is C31H39N5O2. The van der Waals surface area contributed by atoms with E-state index in [1.165, 1.54) is 38.5 Å². The van der Waals surface area contributed by atoms with Crippen molar-refractivity contribution in [3.8, 4) is 5.75 Å². The Kier molecular flexibility index (Phi) is 8.47. The van der Waals surface area contributed by atoms with Gasteiger partial charge in [-0.3, -0.25) is 4.79 Å². The van der Waals surface area contributed by atoms with Crippen molar-refractivity contribution in [2.75, 3.05) is 11.4 Å². The number of carbonyl (C=O) groups excluding carboxylic acids is 1. The standard InChI is InChI=1S/C31H39N5O2/c1-3-35(25-15-17-27(18-16-25)38-26-12-8-5-9-13-26)21-30-34-28-20-24(32-2)14-19-29(28)36(30)22-31(37)33-23-10-6-4-7-11-23/h14-20,23,26H,3-13,21-22H2,1H3,(H,33,37). The van der Waals surface area contributed by atoms with Gasteiger partial charge in [0.25, 0.3) is 0 Å². The van der Waals surface area contributed by atoms with E-state index in [-0.39, 0.29) is 18.5 Å². The van der Waals surface area contributed by atoms with Crippen LogP contribution in [0.2, 0.25) is 0 Å². The van der Waals surface area contributed by atoms with E-state index in [9.17, 15) is 4.79 Å². The maximum absolute atomic E-state index is 13.1. The maximum atomic E-state index is 13.1. The summed E-state index contributed by atoms with van der Waals surface area (Å²) in [5.74, 6) is 1.78.